The number of nitrogens with zero attached hydrogens (tertiary/aromatic N) is 2. The summed E-state index contributed by atoms with van der Waals surface area (Å²) >= 11 is 0. The van der Waals surface area contributed by atoms with Crippen molar-refractivity contribution in [1.82, 2.24) is 9.97 Å². The first-order valence-electron chi connectivity index (χ1n) is 10.7. The maximum absolute atomic E-state index is 10.1. The second-order valence-electron chi connectivity index (χ2n) is 8.35. The largest absolute Gasteiger partial charge is 0.493 e. The Morgan fingerprint density at radius 1 is 1.00 bits per heavy atom. The van der Waals surface area contributed by atoms with E-state index >= 15 is 0 Å². The van der Waals surface area contributed by atoms with Crippen LogP contribution in [-0.4, -0.2) is 33.8 Å². The lowest BCUT2D eigenvalue weighted by molar-refractivity contribution is 0.157. The van der Waals surface area contributed by atoms with Crippen LogP contribution in [0.5, 0.6) is 17.2 Å². The van der Waals surface area contributed by atoms with Crippen LogP contribution < -0.4 is 20.5 Å². The van der Waals surface area contributed by atoms with E-state index in [2.05, 4.69) is 27.1 Å². The van der Waals surface area contributed by atoms with Crippen molar-refractivity contribution >= 4 is 22.4 Å². The van der Waals surface area contributed by atoms with Gasteiger partial charge < -0.3 is 25.6 Å². The molecule has 1 unspecified atom stereocenters. The predicted molar refractivity (Wildman–Crippen MR) is 133 cm³/mol. The Bertz CT molecular complexity index is 1360. The summed E-state index contributed by atoms with van der Waals surface area (Å²) in [4.78, 5) is 8.75. The van der Waals surface area contributed by atoms with Crippen LogP contribution in [0.3, 0.4) is 0 Å². The number of anilines is 2. The van der Waals surface area contributed by atoms with Gasteiger partial charge in [0.1, 0.15) is 24.0 Å². The van der Waals surface area contributed by atoms with E-state index in [0.717, 1.165) is 27.9 Å². The minimum atomic E-state index is -0.947. The number of aliphatic hydroxyl groups is 1. The molecule has 0 saturated carbocycles. The molecule has 7 heteroatoms. The van der Waals surface area contributed by atoms with Crippen molar-refractivity contribution in [1.29, 1.82) is 0 Å². The molecule has 0 bridgehead atoms. The zero-order valence-corrected chi connectivity index (χ0v) is 19.2. The Balaban J connectivity index is 1.62. The minimum Gasteiger partial charge on any atom is -0.493 e. The van der Waals surface area contributed by atoms with Crippen molar-refractivity contribution in [3.63, 3.8) is 0 Å². The second-order valence-corrected chi connectivity index (χ2v) is 8.35. The normalized spacial score (nSPS) is 11.9. The molecule has 0 amide bonds. The van der Waals surface area contributed by atoms with Crippen LogP contribution in [0.25, 0.3) is 10.9 Å². The monoisotopic (exact) mass is 454 g/mol. The number of para-hydroxylation sites is 1. The van der Waals surface area contributed by atoms with Gasteiger partial charge in [-0.05, 0) is 56.3 Å². The van der Waals surface area contributed by atoms with Gasteiger partial charge >= 0.3 is 0 Å². The number of rotatable bonds is 6. The quantitative estimate of drug-likeness (QED) is 0.365. The fourth-order valence-electron chi connectivity index (χ4n) is 3.15. The fourth-order valence-corrected chi connectivity index (χ4v) is 3.15. The maximum atomic E-state index is 10.1. The molecule has 1 aromatic heterocycles. The Kier molecular flexibility index (Phi) is 6.64. The number of hydrogen-bond donors (Lipinski definition) is 3. The molecule has 0 aliphatic heterocycles. The molecule has 0 radical (unpaired) electrons. The van der Waals surface area contributed by atoms with E-state index in [1.54, 1.807) is 21.0 Å². The summed E-state index contributed by atoms with van der Waals surface area (Å²) in [7, 11) is 1.60. The molecule has 0 aliphatic carbocycles. The molecule has 0 aliphatic rings. The van der Waals surface area contributed by atoms with E-state index in [1.807, 2.05) is 66.7 Å². The zero-order valence-electron chi connectivity index (χ0n) is 19.2. The first-order chi connectivity index (χ1) is 16.3. The van der Waals surface area contributed by atoms with Crippen molar-refractivity contribution in [3.05, 3.63) is 78.6 Å². The molecule has 4 N–H and O–H groups in total. The molecule has 7 nitrogen and oxygen atoms in total. The van der Waals surface area contributed by atoms with Crippen molar-refractivity contribution in [2.24, 2.45) is 5.73 Å². The highest BCUT2D eigenvalue weighted by atomic mass is 16.5. The van der Waals surface area contributed by atoms with E-state index in [9.17, 15) is 5.11 Å². The number of nitrogens with one attached hydrogen (secondary N) is 1. The van der Waals surface area contributed by atoms with E-state index in [1.165, 1.54) is 6.33 Å². The van der Waals surface area contributed by atoms with Crippen LogP contribution >= 0.6 is 0 Å². The third kappa shape index (κ3) is 5.44. The first-order valence-corrected chi connectivity index (χ1v) is 10.7. The summed E-state index contributed by atoms with van der Waals surface area (Å²) in [5.74, 6) is 8.31. The number of fused-ring (bicyclic) bond motifs is 1. The number of ether oxygens (including phenoxy) is 2. The van der Waals surface area contributed by atoms with E-state index < -0.39 is 11.6 Å². The van der Waals surface area contributed by atoms with Crippen molar-refractivity contribution in [2.75, 3.05) is 12.4 Å². The van der Waals surface area contributed by atoms with Gasteiger partial charge in [-0.15, -0.1) is 0 Å². The lowest BCUT2D eigenvalue weighted by Gasteiger charge is -2.20. The zero-order chi connectivity index (χ0) is 24.1. The molecule has 0 spiro atoms. The summed E-state index contributed by atoms with van der Waals surface area (Å²) in [5, 5.41) is 14.2. The summed E-state index contributed by atoms with van der Waals surface area (Å²) in [6.45, 7) is 3.46. The number of methoxy groups -OCH3 is 1. The van der Waals surface area contributed by atoms with Crippen molar-refractivity contribution in [2.45, 2.75) is 25.5 Å². The van der Waals surface area contributed by atoms with Gasteiger partial charge in [0.25, 0.3) is 0 Å². The van der Waals surface area contributed by atoms with E-state index in [-0.39, 0.29) is 0 Å². The molecular formula is C27H26N4O3. The predicted octanol–water partition coefficient (Wildman–Crippen LogP) is 4.62. The molecule has 1 heterocycles. The molecule has 4 rings (SSSR count). The smallest absolute Gasteiger partial charge is 0.169 e. The van der Waals surface area contributed by atoms with Crippen LogP contribution in [0.15, 0.2) is 73.1 Å². The maximum Gasteiger partial charge on any atom is 0.169 e. The third-order valence-electron chi connectivity index (χ3n) is 5.09. The molecule has 0 saturated heterocycles. The minimum absolute atomic E-state index is 0.581. The number of hydrogen-bond acceptors (Lipinski definition) is 7. The highest BCUT2D eigenvalue weighted by Crippen LogP contribution is 2.35. The van der Waals surface area contributed by atoms with E-state index in [0.29, 0.717) is 17.3 Å². The molecule has 172 valence electrons. The van der Waals surface area contributed by atoms with Gasteiger partial charge in [0, 0.05) is 28.2 Å². The lowest BCUT2D eigenvalue weighted by atomic mass is 9.99. The molecule has 34 heavy (non-hydrogen) atoms. The Morgan fingerprint density at radius 3 is 2.53 bits per heavy atom. The number of aliphatic hydroxyl groups excluding tert-OH is 1. The van der Waals surface area contributed by atoms with Crippen molar-refractivity contribution in [3.8, 4) is 29.1 Å². The topological polar surface area (TPSA) is 103 Å². The summed E-state index contributed by atoms with van der Waals surface area (Å²) in [6, 6.07) is 20.7. The van der Waals surface area contributed by atoms with Crippen LogP contribution in [0, 0.1) is 11.8 Å². The number of benzene rings is 3. The highest BCUT2D eigenvalue weighted by Gasteiger charge is 2.20. The first kappa shape index (κ1) is 23.1. The molecule has 0 fully saturated rings. The van der Waals surface area contributed by atoms with Crippen LogP contribution in [0.2, 0.25) is 0 Å². The molecule has 3 aromatic carbocycles. The molecule has 4 aromatic rings. The summed E-state index contributed by atoms with van der Waals surface area (Å²) in [6.07, 6.45) is 0.554. The van der Waals surface area contributed by atoms with Gasteiger partial charge in [-0.2, -0.15) is 0 Å². The van der Waals surface area contributed by atoms with Crippen LogP contribution in [0.4, 0.5) is 11.5 Å². The number of aromatic nitrogens is 2. The van der Waals surface area contributed by atoms with Gasteiger partial charge in [-0.1, -0.05) is 30.0 Å². The number of nitrogens with two attached hydrogens (primary N) is 1. The summed E-state index contributed by atoms with van der Waals surface area (Å²) < 4.78 is 11.5. The fraction of sp³-hybridized carbons (Fsp3) is 0.185. The van der Waals surface area contributed by atoms with Gasteiger partial charge in [-0.3, -0.25) is 0 Å². The third-order valence-corrected chi connectivity index (χ3v) is 5.09. The van der Waals surface area contributed by atoms with Gasteiger partial charge in [0.05, 0.1) is 12.6 Å². The second kappa shape index (κ2) is 9.79. The average Bonchev–Trinajstić information content (AvgIpc) is 2.83. The lowest BCUT2D eigenvalue weighted by Crippen LogP contribution is -2.44. The average molecular weight is 455 g/mol. The van der Waals surface area contributed by atoms with Gasteiger partial charge in [0.2, 0.25) is 0 Å². The summed E-state index contributed by atoms with van der Waals surface area (Å²) in [5.41, 5.74) is 7.36. The van der Waals surface area contributed by atoms with E-state index in [4.69, 9.17) is 15.2 Å². The standard InChI is InChI=1S/C27H26N4O3/c1-27(2,28)25(32)14-10-18-9-12-22-21(15-18)26(30-17-29-22)31-19-11-13-23(24(16-19)33-3)34-20-7-5-4-6-8-20/h4-9,11-13,15-17,25,32H,28H2,1-3H3,(H,29,30,31). The Labute approximate surface area is 198 Å². The van der Waals surface area contributed by atoms with Gasteiger partial charge in [-0.25, -0.2) is 9.97 Å². The Hall–Kier alpha value is -4.12. The highest BCUT2D eigenvalue weighted by molar-refractivity contribution is 5.91. The molecule has 1 atom stereocenters. The SMILES string of the molecule is COc1cc(Nc2ncnc3ccc(C#CC(O)C(C)(C)N)cc23)ccc1Oc1ccccc1. The van der Waals surface area contributed by atoms with Gasteiger partial charge in [0.15, 0.2) is 11.5 Å². The van der Waals surface area contributed by atoms with Crippen molar-refractivity contribution < 1.29 is 14.6 Å². The Morgan fingerprint density at radius 2 is 1.79 bits per heavy atom. The van der Waals surface area contributed by atoms with Crippen LogP contribution in [0.1, 0.15) is 19.4 Å². The molecular weight excluding hydrogens is 428 g/mol. The van der Waals surface area contributed by atoms with Crippen LogP contribution in [-0.2, 0) is 0 Å².